The summed E-state index contributed by atoms with van der Waals surface area (Å²) in [6.45, 7) is 0. The summed E-state index contributed by atoms with van der Waals surface area (Å²) < 4.78 is 0. The van der Waals surface area contributed by atoms with E-state index >= 15 is 0 Å². The summed E-state index contributed by atoms with van der Waals surface area (Å²) in [7, 11) is 0. The fraction of sp³-hybridized carbons (Fsp3) is 0.0625. The highest BCUT2D eigenvalue weighted by atomic mass is 16.4. The zero-order valence-corrected chi connectivity index (χ0v) is 9.91. The minimum Gasteiger partial charge on any atom is -0.478 e. The van der Waals surface area contributed by atoms with Crippen molar-refractivity contribution in [2.45, 2.75) is 6.42 Å². The van der Waals surface area contributed by atoms with Gasteiger partial charge < -0.3 is 5.11 Å². The maximum absolute atomic E-state index is 10.3. The second-order valence-electron chi connectivity index (χ2n) is 4.01. The molecule has 0 saturated heterocycles. The van der Waals surface area contributed by atoms with E-state index in [9.17, 15) is 4.79 Å². The third kappa shape index (κ3) is 3.32. The first-order valence-corrected chi connectivity index (χ1v) is 5.79. The Morgan fingerprint density at radius 1 is 1.11 bits per heavy atom. The molecule has 2 rings (SSSR count). The number of benzene rings is 1. The first kappa shape index (κ1) is 12.1. The van der Waals surface area contributed by atoms with Crippen molar-refractivity contribution in [2.24, 2.45) is 0 Å². The van der Waals surface area contributed by atoms with Crippen LogP contribution < -0.4 is 10.4 Å². The van der Waals surface area contributed by atoms with Crippen molar-refractivity contribution in [2.75, 3.05) is 0 Å². The summed E-state index contributed by atoms with van der Waals surface area (Å²) in [4.78, 5) is 10.3. The van der Waals surface area contributed by atoms with E-state index < -0.39 is 5.97 Å². The highest BCUT2D eigenvalue weighted by molar-refractivity contribution is 5.80. The van der Waals surface area contributed by atoms with Crippen molar-refractivity contribution in [3.05, 3.63) is 70.7 Å². The van der Waals surface area contributed by atoms with Crippen LogP contribution in [0.4, 0.5) is 0 Å². The van der Waals surface area contributed by atoms with E-state index in [1.54, 1.807) is 6.08 Å². The first-order chi connectivity index (χ1) is 8.75. The summed E-state index contributed by atoms with van der Waals surface area (Å²) in [5, 5.41) is 10.9. The fourth-order valence-electron chi connectivity index (χ4n) is 1.81. The maximum atomic E-state index is 10.3. The van der Waals surface area contributed by atoms with Gasteiger partial charge in [-0.15, -0.1) is 0 Å². The Morgan fingerprint density at radius 2 is 1.89 bits per heavy atom. The van der Waals surface area contributed by atoms with Gasteiger partial charge in [0.05, 0.1) is 0 Å². The van der Waals surface area contributed by atoms with E-state index in [1.165, 1.54) is 22.1 Å². The molecule has 1 aromatic carbocycles. The molecule has 0 atom stereocenters. The Bertz CT molecular complexity index is 646. The summed E-state index contributed by atoms with van der Waals surface area (Å²) in [5.74, 6) is -0.932. The molecule has 0 unspecified atom stereocenters. The molecule has 18 heavy (non-hydrogen) atoms. The number of carboxylic acid groups (broad SMARTS) is 1. The van der Waals surface area contributed by atoms with E-state index in [0.717, 1.165) is 12.5 Å². The van der Waals surface area contributed by atoms with Gasteiger partial charge >= 0.3 is 5.97 Å². The van der Waals surface area contributed by atoms with Crippen molar-refractivity contribution in [1.29, 1.82) is 0 Å². The summed E-state index contributed by atoms with van der Waals surface area (Å²) >= 11 is 0. The normalized spacial score (nSPS) is 16.6. The quantitative estimate of drug-likeness (QED) is 0.643. The lowest BCUT2D eigenvalue weighted by molar-refractivity contribution is -0.131. The molecule has 0 fully saturated rings. The summed E-state index contributed by atoms with van der Waals surface area (Å²) in [6, 6.07) is 8.26. The van der Waals surface area contributed by atoms with E-state index in [-0.39, 0.29) is 0 Å². The van der Waals surface area contributed by atoms with Crippen LogP contribution in [-0.4, -0.2) is 11.1 Å². The van der Waals surface area contributed by atoms with Crippen molar-refractivity contribution >= 4 is 18.1 Å². The Kier molecular flexibility index (Phi) is 3.92. The molecular weight excluding hydrogens is 224 g/mol. The Morgan fingerprint density at radius 3 is 2.67 bits per heavy atom. The Labute approximate surface area is 106 Å². The molecule has 1 aromatic rings. The van der Waals surface area contributed by atoms with Crippen LogP contribution in [0.15, 0.2) is 60.2 Å². The number of hydrogen-bond acceptors (Lipinski definition) is 1. The van der Waals surface area contributed by atoms with Gasteiger partial charge in [-0.05, 0) is 22.4 Å². The van der Waals surface area contributed by atoms with Crippen molar-refractivity contribution in [1.82, 2.24) is 0 Å². The smallest absolute Gasteiger partial charge is 0.328 e. The standard InChI is InChI=1S/C16H14O2/c17-16(18)9-3-1-2-6-13-10-11-14-7-4-5-8-15(14)12-13/h1-9,11-12H,10H2,(H,17,18). The number of aliphatic carboxylic acids is 1. The third-order valence-corrected chi connectivity index (χ3v) is 2.67. The third-order valence-electron chi connectivity index (χ3n) is 2.67. The molecule has 0 radical (unpaired) electrons. The number of carbonyl (C=O) groups is 1. The van der Waals surface area contributed by atoms with Crippen LogP contribution in [0.3, 0.4) is 0 Å². The number of rotatable bonds is 3. The molecule has 2 heteroatoms. The number of allylic oxidation sites excluding steroid dienone is 5. The van der Waals surface area contributed by atoms with Crippen molar-refractivity contribution in [3.63, 3.8) is 0 Å². The van der Waals surface area contributed by atoms with Crippen LogP contribution in [0.1, 0.15) is 6.42 Å². The van der Waals surface area contributed by atoms with Gasteiger partial charge in [-0.25, -0.2) is 4.79 Å². The zero-order chi connectivity index (χ0) is 12.8. The van der Waals surface area contributed by atoms with Gasteiger partial charge in [0.1, 0.15) is 0 Å². The maximum Gasteiger partial charge on any atom is 0.328 e. The summed E-state index contributed by atoms with van der Waals surface area (Å²) in [6.07, 6.45) is 13.5. The molecule has 1 aliphatic rings. The molecule has 0 saturated carbocycles. The molecular formula is C16H14O2. The zero-order valence-electron chi connectivity index (χ0n) is 9.91. The first-order valence-electron chi connectivity index (χ1n) is 5.79. The van der Waals surface area contributed by atoms with Crippen LogP contribution in [0.25, 0.3) is 12.2 Å². The van der Waals surface area contributed by atoms with E-state index in [1.807, 2.05) is 24.3 Å². The largest absolute Gasteiger partial charge is 0.478 e. The van der Waals surface area contributed by atoms with Gasteiger partial charge in [-0.1, -0.05) is 60.7 Å². The topological polar surface area (TPSA) is 37.3 Å². The minimum atomic E-state index is -0.932. The summed E-state index contributed by atoms with van der Waals surface area (Å²) in [5.41, 5.74) is 1.22. The lowest BCUT2D eigenvalue weighted by atomic mass is 10.0. The van der Waals surface area contributed by atoms with Crippen LogP contribution in [0.2, 0.25) is 0 Å². The highest BCUT2D eigenvalue weighted by Crippen LogP contribution is 2.06. The lowest BCUT2D eigenvalue weighted by Crippen LogP contribution is -2.26. The minimum absolute atomic E-state index is 0.907. The molecule has 1 N–H and O–H groups in total. The van der Waals surface area contributed by atoms with Gasteiger partial charge in [0.25, 0.3) is 0 Å². The molecule has 1 aliphatic carbocycles. The second-order valence-corrected chi connectivity index (χ2v) is 4.01. The number of carboxylic acids is 1. The average molecular weight is 238 g/mol. The Hall–Kier alpha value is -2.35. The lowest BCUT2D eigenvalue weighted by Gasteiger charge is -2.02. The molecule has 0 heterocycles. The second kappa shape index (κ2) is 5.82. The van der Waals surface area contributed by atoms with E-state index in [4.69, 9.17) is 5.11 Å². The highest BCUT2D eigenvalue weighted by Gasteiger charge is 1.96. The van der Waals surface area contributed by atoms with Gasteiger partial charge in [0, 0.05) is 6.08 Å². The van der Waals surface area contributed by atoms with Crippen molar-refractivity contribution in [3.8, 4) is 0 Å². The predicted molar refractivity (Wildman–Crippen MR) is 73.2 cm³/mol. The van der Waals surface area contributed by atoms with Gasteiger partial charge in [-0.3, -0.25) is 0 Å². The van der Waals surface area contributed by atoms with Crippen LogP contribution in [0.5, 0.6) is 0 Å². The van der Waals surface area contributed by atoms with Gasteiger partial charge in [0.15, 0.2) is 0 Å². The van der Waals surface area contributed by atoms with Crippen LogP contribution in [-0.2, 0) is 4.79 Å². The molecule has 0 amide bonds. The molecule has 0 spiro atoms. The molecule has 0 aromatic heterocycles. The monoisotopic (exact) mass is 238 g/mol. The Balaban J connectivity index is 2.13. The fourth-order valence-corrected chi connectivity index (χ4v) is 1.81. The van der Waals surface area contributed by atoms with Crippen molar-refractivity contribution < 1.29 is 9.90 Å². The molecule has 0 bridgehead atoms. The average Bonchev–Trinajstić information content (AvgIpc) is 2.38. The molecule has 2 nitrogen and oxygen atoms in total. The molecule has 90 valence electrons. The van der Waals surface area contributed by atoms with Gasteiger partial charge in [0.2, 0.25) is 0 Å². The van der Waals surface area contributed by atoms with E-state index in [0.29, 0.717) is 0 Å². The van der Waals surface area contributed by atoms with Crippen LogP contribution >= 0.6 is 0 Å². The number of fused-ring (bicyclic) bond motifs is 1. The van der Waals surface area contributed by atoms with Gasteiger partial charge in [-0.2, -0.15) is 0 Å². The van der Waals surface area contributed by atoms with E-state index in [2.05, 4.69) is 24.3 Å². The number of hydrogen-bond donors (Lipinski definition) is 1. The predicted octanol–water partition coefficient (Wildman–Crippen LogP) is 1.77. The van der Waals surface area contributed by atoms with Crippen LogP contribution in [0, 0.1) is 0 Å². The SMILES string of the molecule is O=C(O)C=CC=CC=C1C=c2ccccc2=CC1. The molecule has 0 aliphatic heterocycles.